The molecule has 2 aromatic heterocycles. The van der Waals surface area contributed by atoms with Crippen molar-refractivity contribution in [1.29, 1.82) is 0 Å². The number of methoxy groups -OCH3 is 1. The Morgan fingerprint density at radius 1 is 0.935 bits per heavy atom. The van der Waals surface area contributed by atoms with Crippen LogP contribution in [0.1, 0.15) is 12.0 Å². The van der Waals surface area contributed by atoms with Crippen molar-refractivity contribution in [2.75, 3.05) is 46.2 Å². The van der Waals surface area contributed by atoms with E-state index in [1.807, 2.05) is 120 Å². The highest BCUT2D eigenvalue weighted by Gasteiger charge is 2.27. The number of fused-ring (bicyclic) bond motifs is 1. The van der Waals surface area contributed by atoms with Gasteiger partial charge in [0, 0.05) is 44.0 Å². The number of anilines is 1. The number of nitrogens with zero attached hydrogens (tertiary/aromatic N) is 5. The summed E-state index contributed by atoms with van der Waals surface area (Å²) in [5.74, 6) is 4.24. The number of hydrogen-bond donors (Lipinski definition) is 1. The molecule has 3 aromatic carbocycles. The second-order valence-corrected chi connectivity index (χ2v) is 11.4. The Morgan fingerprint density at radius 2 is 1.63 bits per heavy atom. The lowest BCUT2D eigenvalue weighted by molar-refractivity contribution is -0.125. The number of carbonyl (C=O) groups is 1. The van der Waals surface area contributed by atoms with Gasteiger partial charge in [-0.3, -0.25) is 4.79 Å². The molecular formula is C36H38N6O4. The molecule has 0 spiro atoms. The van der Waals surface area contributed by atoms with E-state index in [9.17, 15) is 4.79 Å². The van der Waals surface area contributed by atoms with Crippen LogP contribution >= 0.6 is 0 Å². The Labute approximate surface area is 268 Å². The Balaban J connectivity index is 1.25. The summed E-state index contributed by atoms with van der Waals surface area (Å²) >= 11 is 0. The zero-order chi connectivity index (χ0) is 31.9. The van der Waals surface area contributed by atoms with Crippen molar-refractivity contribution in [3.05, 3.63) is 109 Å². The van der Waals surface area contributed by atoms with Crippen LogP contribution in [0.5, 0.6) is 28.7 Å². The molecule has 10 nitrogen and oxygen atoms in total. The molecular weight excluding hydrogens is 580 g/mol. The van der Waals surface area contributed by atoms with Gasteiger partial charge in [-0.15, -0.1) is 0 Å². The minimum absolute atomic E-state index is 0.0198. The number of amides is 1. The molecule has 1 amide bonds. The number of carbonyl (C=O) groups excluding carboxylic acids is 1. The van der Waals surface area contributed by atoms with Gasteiger partial charge >= 0.3 is 0 Å². The molecule has 236 valence electrons. The van der Waals surface area contributed by atoms with Crippen molar-refractivity contribution >= 4 is 22.8 Å². The fourth-order valence-corrected chi connectivity index (χ4v) is 5.34. The molecule has 5 aromatic rings. The molecule has 10 heteroatoms. The van der Waals surface area contributed by atoms with Crippen LogP contribution < -0.4 is 19.5 Å². The fourth-order valence-electron chi connectivity index (χ4n) is 5.34. The van der Waals surface area contributed by atoms with Crippen molar-refractivity contribution in [1.82, 2.24) is 24.6 Å². The number of hydrogen-bond acceptors (Lipinski definition) is 8. The van der Waals surface area contributed by atoms with Crippen molar-refractivity contribution in [2.24, 2.45) is 0 Å². The number of rotatable bonds is 12. The number of likely N-dealkylation sites (N-methyl/N-ethyl adjacent to an activating group) is 1. The standard InChI is InChI=1S/C36H38N6O4/c1-40(2)22-7-10-33(43)41-23-20-27(25-41)38-35-34-32(46-31-17-15-30(16-18-31)45-29-8-5-4-6-9-29)19-21-37-36(34)42(39-35)24-26-11-13-28(44-3)14-12-26/h4-19,21,27H,20,22-25H2,1-3H3,(H,38,39). The Bertz CT molecular complexity index is 1790. The number of benzene rings is 3. The lowest BCUT2D eigenvalue weighted by Gasteiger charge is -2.16. The van der Waals surface area contributed by atoms with E-state index in [0.29, 0.717) is 48.3 Å². The Hall–Kier alpha value is -5.35. The predicted molar refractivity (Wildman–Crippen MR) is 179 cm³/mol. The lowest BCUT2D eigenvalue weighted by atomic mass is 10.2. The lowest BCUT2D eigenvalue weighted by Crippen LogP contribution is -2.30. The van der Waals surface area contributed by atoms with Crippen LogP contribution in [0.25, 0.3) is 11.0 Å². The zero-order valence-electron chi connectivity index (χ0n) is 26.3. The van der Waals surface area contributed by atoms with Gasteiger partial charge < -0.3 is 29.3 Å². The van der Waals surface area contributed by atoms with Gasteiger partial charge in [-0.1, -0.05) is 36.4 Å². The van der Waals surface area contributed by atoms with E-state index in [1.54, 1.807) is 19.4 Å². The van der Waals surface area contributed by atoms with E-state index >= 15 is 0 Å². The average Bonchev–Trinajstić information content (AvgIpc) is 3.68. The molecule has 1 aliphatic heterocycles. The molecule has 6 rings (SSSR count). The summed E-state index contributed by atoms with van der Waals surface area (Å²) in [5, 5.41) is 9.37. The molecule has 1 atom stereocenters. The molecule has 1 unspecified atom stereocenters. The molecule has 0 saturated carbocycles. The van der Waals surface area contributed by atoms with Crippen LogP contribution in [0.15, 0.2) is 103 Å². The highest BCUT2D eigenvalue weighted by Crippen LogP contribution is 2.36. The third-order valence-electron chi connectivity index (χ3n) is 7.69. The van der Waals surface area contributed by atoms with Gasteiger partial charge in [-0.25, -0.2) is 9.67 Å². The van der Waals surface area contributed by atoms with Crippen LogP contribution in [0.3, 0.4) is 0 Å². The predicted octanol–water partition coefficient (Wildman–Crippen LogP) is 6.20. The number of ether oxygens (including phenoxy) is 3. The molecule has 0 bridgehead atoms. The van der Waals surface area contributed by atoms with E-state index < -0.39 is 0 Å². The maximum atomic E-state index is 12.8. The van der Waals surface area contributed by atoms with Gasteiger partial charge in [0.25, 0.3) is 0 Å². The molecule has 0 radical (unpaired) electrons. The summed E-state index contributed by atoms with van der Waals surface area (Å²) in [6, 6.07) is 27.0. The van der Waals surface area contributed by atoms with Crippen LogP contribution in [0.2, 0.25) is 0 Å². The maximum absolute atomic E-state index is 12.8. The zero-order valence-corrected chi connectivity index (χ0v) is 26.3. The minimum atomic E-state index is 0.0198. The third-order valence-corrected chi connectivity index (χ3v) is 7.69. The van der Waals surface area contributed by atoms with Crippen molar-refractivity contribution in [2.45, 2.75) is 19.0 Å². The summed E-state index contributed by atoms with van der Waals surface area (Å²) in [5.41, 5.74) is 1.75. The van der Waals surface area contributed by atoms with E-state index in [-0.39, 0.29) is 11.9 Å². The van der Waals surface area contributed by atoms with Crippen LogP contribution in [-0.2, 0) is 11.3 Å². The van der Waals surface area contributed by atoms with Gasteiger partial charge in [0.05, 0.1) is 13.7 Å². The summed E-state index contributed by atoms with van der Waals surface area (Å²) in [6.45, 7) is 2.48. The molecule has 1 N–H and O–H groups in total. The maximum Gasteiger partial charge on any atom is 0.246 e. The van der Waals surface area contributed by atoms with Gasteiger partial charge in [0.2, 0.25) is 5.91 Å². The quantitative estimate of drug-likeness (QED) is 0.165. The monoisotopic (exact) mass is 618 g/mol. The molecule has 1 aliphatic rings. The second kappa shape index (κ2) is 14.2. The molecule has 3 heterocycles. The first kappa shape index (κ1) is 30.7. The number of nitrogens with one attached hydrogen (secondary N) is 1. The van der Waals surface area contributed by atoms with E-state index in [0.717, 1.165) is 35.4 Å². The van der Waals surface area contributed by atoms with E-state index in [2.05, 4.69) is 5.32 Å². The van der Waals surface area contributed by atoms with Crippen molar-refractivity contribution in [3.63, 3.8) is 0 Å². The first-order chi connectivity index (χ1) is 22.4. The summed E-state index contributed by atoms with van der Waals surface area (Å²) in [6.07, 6.45) is 6.09. The SMILES string of the molecule is COc1ccc(Cn2nc(NC3CCN(C(=O)C=CCN(C)C)C3)c3c(Oc4ccc(Oc5ccccc5)cc4)ccnc32)cc1. The van der Waals surface area contributed by atoms with Gasteiger partial charge in [0.15, 0.2) is 11.5 Å². The summed E-state index contributed by atoms with van der Waals surface area (Å²) in [4.78, 5) is 21.4. The normalized spacial score (nSPS) is 14.7. The molecule has 0 aliphatic carbocycles. The summed E-state index contributed by atoms with van der Waals surface area (Å²) < 4.78 is 19.6. The topological polar surface area (TPSA) is 94.0 Å². The fraction of sp³-hybridized carbons (Fsp3) is 0.250. The first-order valence-electron chi connectivity index (χ1n) is 15.3. The number of pyridine rings is 1. The van der Waals surface area contributed by atoms with Crippen LogP contribution in [0.4, 0.5) is 5.82 Å². The number of para-hydroxylation sites is 1. The van der Waals surface area contributed by atoms with Crippen LogP contribution in [-0.4, -0.2) is 77.4 Å². The highest BCUT2D eigenvalue weighted by atomic mass is 16.5. The van der Waals surface area contributed by atoms with Crippen molar-refractivity contribution in [3.8, 4) is 28.7 Å². The molecule has 1 saturated heterocycles. The minimum Gasteiger partial charge on any atom is -0.497 e. The smallest absolute Gasteiger partial charge is 0.246 e. The average molecular weight is 619 g/mol. The van der Waals surface area contributed by atoms with E-state index in [4.69, 9.17) is 24.3 Å². The number of likely N-dealkylation sites (tertiary alicyclic amines) is 1. The van der Waals surface area contributed by atoms with Gasteiger partial charge in [0.1, 0.15) is 34.1 Å². The Kier molecular flexibility index (Phi) is 9.45. The summed E-state index contributed by atoms with van der Waals surface area (Å²) in [7, 11) is 5.61. The Morgan fingerprint density at radius 3 is 2.35 bits per heavy atom. The second-order valence-electron chi connectivity index (χ2n) is 11.4. The van der Waals surface area contributed by atoms with Gasteiger partial charge in [-0.05, 0) is 74.6 Å². The van der Waals surface area contributed by atoms with Crippen LogP contribution in [0, 0.1) is 0 Å². The first-order valence-corrected chi connectivity index (χ1v) is 15.3. The molecule has 46 heavy (non-hydrogen) atoms. The van der Waals surface area contributed by atoms with E-state index in [1.165, 1.54) is 0 Å². The number of aromatic nitrogens is 3. The van der Waals surface area contributed by atoms with Crippen molar-refractivity contribution < 1.29 is 19.0 Å². The largest absolute Gasteiger partial charge is 0.497 e. The highest BCUT2D eigenvalue weighted by molar-refractivity contribution is 5.94. The molecule has 1 fully saturated rings. The van der Waals surface area contributed by atoms with Gasteiger partial charge in [-0.2, -0.15) is 5.10 Å². The third kappa shape index (κ3) is 7.47.